The molecule has 2 heterocycles. The minimum absolute atomic E-state index is 0.0241. The van der Waals surface area contributed by atoms with Gasteiger partial charge in [-0.05, 0) is 30.7 Å². The molecule has 5 nitrogen and oxygen atoms in total. The number of carbonyl (C=O) groups is 2. The molecule has 0 radical (unpaired) electrons. The molecule has 2 aliphatic heterocycles. The van der Waals surface area contributed by atoms with E-state index in [1.807, 2.05) is 41.3 Å². The van der Waals surface area contributed by atoms with Crippen LogP contribution in [0.1, 0.15) is 37.2 Å². The molecule has 3 rings (SSSR count). The lowest BCUT2D eigenvalue weighted by Crippen LogP contribution is -2.43. The third kappa shape index (κ3) is 4.15. The molecule has 0 bridgehead atoms. The van der Waals surface area contributed by atoms with Gasteiger partial charge in [0.15, 0.2) is 0 Å². The molecule has 0 aliphatic carbocycles. The molecular formula is C21H27NO4. The average Bonchev–Trinajstić information content (AvgIpc) is 3.17. The number of ether oxygens (including phenoxy) is 1. The lowest BCUT2D eigenvalue weighted by molar-refractivity contribution is -0.146. The summed E-state index contributed by atoms with van der Waals surface area (Å²) in [6, 6.07) is 9.96. The first-order valence-electron chi connectivity index (χ1n) is 9.40. The van der Waals surface area contributed by atoms with Gasteiger partial charge in [-0.1, -0.05) is 36.4 Å². The monoisotopic (exact) mass is 357 g/mol. The molecule has 0 spiro atoms. The first-order valence-corrected chi connectivity index (χ1v) is 9.40. The smallest absolute Gasteiger partial charge is 0.309 e. The van der Waals surface area contributed by atoms with Crippen LogP contribution in [0.4, 0.5) is 0 Å². The average molecular weight is 357 g/mol. The molecule has 0 saturated carbocycles. The second-order valence-corrected chi connectivity index (χ2v) is 7.24. The van der Waals surface area contributed by atoms with Crippen LogP contribution in [0.3, 0.4) is 0 Å². The van der Waals surface area contributed by atoms with Gasteiger partial charge in [-0.2, -0.15) is 0 Å². The van der Waals surface area contributed by atoms with E-state index in [1.54, 1.807) is 0 Å². The molecule has 1 aromatic carbocycles. The Morgan fingerprint density at radius 2 is 1.92 bits per heavy atom. The molecule has 3 atom stereocenters. The van der Waals surface area contributed by atoms with E-state index in [0.717, 1.165) is 18.4 Å². The molecule has 2 saturated heterocycles. The normalized spacial score (nSPS) is 25.0. The predicted octanol–water partition coefficient (Wildman–Crippen LogP) is 3.07. The number of hydrogen-bond donors (Lipinski definition) is 1. The van der Waals surface area contributed by atoms with Crippen molar-refractivity contribution >= 4 is 11.9 Å². The number of carbonyl (C=O) groups excluding carboxylic acids is 1. The van der Waals surface area contributed by atoms with Gasteiger partial charge in [0.05, 0.1) is 12.0 Å². The van der Waals surface area contributed by atoms with E-state index in [1.165, 1.54) is 0 Å². The summed E-state index contributed by atoms with van der Waals surface area (Å²) in [5, 5.41) is 9.34. The molecule has 2 aliphatic rings. The van der Waals surface area contributed by atoms with E-state index in [0.29, 0.717) is 32.5 Å². The Labute approximate surface area is 154 Å². The Morgan fingerprint density at radius 3 is 2.54 bits per heavy atom. The third-order valence-corrected chi connectivity index (χ3v) is 5.72. The summed E-state index contributed by atoms with van der Waals surface area (Å²) in [7, 11) is 0. The second kappa shape index (κ2) is 8.49. The van der Waals surface area contributed by atoms with Crippen molar-refractivity contribution in [3.05, 3.63) is 48.6 Å². The minimum Gasteiger partial charge on any atom is -0.481 e. The van der Waals surface area contributed by atoms with Crippen molar-refractivity contribution in [2.45, 2.75) is 37.7 Å². The van der Waals surface area contributed by atoms with Crippen LogP contribution < -0.4 is 0 Å². The van der Waals surface area contributed by atoms with Gasteiger partial charge in [0.2, 0.25) is 5.91 Å². The number of hydrogen-bond acceptors (Lipinski definition) is 3. The first kappa shape index (κ1) is 18.6. The van der Waals surface area contributed by atoms with Gasteiger partial charge in [-0.15, -0.1) is 6.58 Å². The third-order valence-electron chi connectivity index (χ3n) is 5.72. The number of piperidine rings is 1. The van der Waals surface area contributed by atoms with Crippen molar-refractivity contribution in [2.75, 3.05) is 19.7 Å². The largest absolute Gasteiger partial charge is 0.481 e. The lowest BCUT2D eigenvalue weighted by atomic mass is 9.84. The summed E-state index contributed by atoms with van der Waals surface area (Å²) < 4.78 is 5.70. The van der Waals surface area contributed by atoms with Crippen LogP contribution in [-0.2, 0) is 14.3 Å². The van der Waals surface area contributed by atoms with Crippen molar-refractivity contribution < 1.29 is 19.4 Å². The molecule has 1 N–H and O–H groups in total. The van der Waals surface area contributed by atoms with Crippen LogP contribution in [0.2, 0.25) is 0 Å². The van der Waals surface area contributed by atoms with Gasteiger partial charge in [-0.3, -0.25) is 9.59 Å². The minimum atomic E-state index is -0.761. The summed E-state index contributed by atoms with van der Waals surface area (Å²) in [5.74, 6) is -0.768. The summed E-state index contributed by atoms with van der Waals surface area (Å²) in [6.45, 7) is 5.76. The van der Waals surface area contributed by atoms with Crippen molar-refractivity contribution in [1.29, 1.82) is 0 Å². The zero-order valence-corrected chi connectivity index (χ0v) is 15.0. The Morgan fingerprint density at radius 1 is 1.23 bits per heavy atom. The highest BCUT2D eigenvalue weighted by Crippen LogP contribution is 2.33. The van der Waals surface area contributed by atoms with E-state index in [4.69, 9.17) is 4.74 Å². The fourth-order valence-corrected chi connectivity index (χ4v) is 4.17. The molecular weight excluding hydrogens is 330 g/mol. The number of carboxylic acid groups (broad SMARTS) is 1. The zero-order chi connectivity index (χ0) is 18.5. The van der Waals surface area contributed by atoms with Crippen LogP contribution in [0.25, 0.3) is 0 Å². The highest BCUT2D eigenvalue weighted by molar-refractivity contribution is 5.77. The van der Waals surface area contributed by atoms with Crippen molar-refractivity contribution in [2.24, 2.45) is 11.8 Å². The number of aliphatic carboxylic acids is 1. The standard InChI is InChI=1S/C21H27NO4/c1-2-15(16-6-4-3-5-7-16)14-19(23)22-11-8-17(9-12-22)20-18(21(24)25)10-13-26-20/h2-7,15,17-18,20H,1,8-14H2,(H,24,25)/t15?,18?,20-/m0/s1. The zero-order valence-electron chi connectivity index (χ0n) is 15.0. The van der Waals surface area contributed by atoms with E-state index >= 15 is 0 Å². The SMILES string of the molecule is C=CC(CC(=O)N1CCC([C@@H]2OCCC2C(=O)O)CC1)c1ccccc1. The maximum absolute atomic E-state index is 12.7. The lowest BCUT2D eigenvalue weighted by Gasteiger charge is -2.36. The van der Waals surface area contributed by atoms with Gasteiger partial charge in [0, 0.05) is 32.0 Å². The molecule has 5 heteroatoms. The molecule has 26 heavy (non-hydrogen) atoms. The predicted molar refractivity (Wildman–Crippen MR) is 98.8 cm³/mol. The Bertz CT molecular complexity index is 637. The van der Waals surface area contributed by atoms with E-state index in [-0.39, 0.29) is 23.8 Å². The highest BCUT2D eigenvalue weighted by atomic mass is 16.5. The number of carboxylic acids is 1. The van der Waals surface area contributed by atoms with Crippen molar-refractivity contribution in [3.8, 4) is 0 Å². The fraction of sp³-hybridized carbons (Fsp3) is 0.524. The summed E-state index contributed by atoms with van der Waals surface area (Å²) in [5.41, 5.74) is 1.11. The number of amides is 1. The van der Waals surface area contributed by atoms with Crippen LogP contribution in [0.5, 0.6) is 0 Å². The van der Waals surface area contributed by atoms with Crippen molar-refractivity contribution in [1.82, 2.24) is 4.90 Å². The number of nitrogens with zero attached hydrogens (tertiary/aromatic N) is 1. The Kier molecular flexibility index (Phi) is 6.09. The maximum Gasteiger partial charge on any atom is 0.309 e. The molecule has 2 fully saturated rings. The quantitative estimate of drug-likeness (QED) is 0.795. The summed E-state index contributed by atoms with van der Waals surface area (Å²) >= 11 is 0. The van der Waals surface area contributed by atoms with Gasteiger partial charge < -0.3 is 14.7 Å². The maximum atomic E-state index is 12.7. The molecule has 1 amide bonds. The van der Waals surface area contributed by atoms with Gasteiger partial charge >= 0.3 is 5.97 Å². The van der Waals surface area contributed by atoms with E-state index in [2.05, 4.69) is 6.58 Å². The molecule has 1 aromatic rings. The number of benzene rings is 1. The molecule has 0 aromatic heterocycles. The summed E-state index contributed by atoms with van der Waals surface area (Å²) in [4.78, 5) is 26.0. The van der Waals surface area contributed by atoms with E-state index < -0.39 is 11.9 Å². The summed E-state index contributed by atoms with van der Waals surface area (Å²) in [6.07, 6.45) is 4.28. The Hall–Kier alpha value is -2.14. The number of likely N-dealkylation sites (tertiary alicyclic amines) is 1. The second-order valence-electron chi connectivity index (χ2n) is 7.24. The number of rotatable bonds is 6. The molecule has 2 unspecified atom stereocenters. The molecule has 140 valence electrons. The topological polar surface area (TPSA) is 66.8 Å². The van der Waals surface area contributed by atoms with E-state index in [9.17, 15) is 14.7 Å². The van der Waals surface area contributed by atoms with Crippen molar-refractivity contribution in [3.63, 3.8) is 0 Å². The number of allylic oxidation sites excluding steroid dienone is 1. The van der Waals surface area contributed by atoms with Gasteiger partial charge in [0.25, 0.3) is 0 Å². The van der Waals surface area contributed by atoms with Gasteiger partial charge in [0.1, 0.15) is 0 Å². The first-order chi connectivity index (χ1) is 12.6. The highest BCUT2D eigenvalue weighted by Gasteiger charge is 2.40. The van der Waals surface area contributed by atoms with Crippen LogP contribution in [0.15, 0.2) is 43.0 Å². The van der Waals surface area contributed by atoms with Crippen LogP contribution >= 0.6 is 0 Å². The van der Waals surface area contributed by atoms with Gasteiger partial charge in [-0.25, -0.2) is 0 Å². The Balaban J connectivity index is 1.53. The fourth-order valence-electron chi connectivity index (χ4n) is 4.17. The van der Waals surface area contributed by atoms with Crippen LogP contribution in [-0.4, -0.2) is 47.7 Å². The van der Waals surface area contributed by atoms with Crippen LogP contribution in [0, 0.1) is 11.8 Å².